The fourth-order valence-electron chi connectivity index (χ4n) is 7.90. The minimum atomic E-state index is 0.102. The van der Waals surface area contributed by atoms with Crippen molar-refractivity contribution in [2.24, 2.45) is 0 Å². The summed E-state index contributed by atoms with van der Waals surface area (Å²) in [5.74, 6) is 0. The molecule has 1 heterocycles. The van der Waals surface area contributed by atoms with E-state index in [9.17, 15) is 0 Å². The summed E-state index contributed by atoms with van der Waals surface area (Å²) in [6, 6.07) is 59.7. The normalized spacial score (nSPS) is 13.7. The molecule has 1 unspecified atom stereocenters. The maximum absolute atomic E-state index is 2.62. The fraction of sp³-hybridized carbons (Fsp3) is 0.0833. The molecule has 1 aliphatic carbocycles. The van der Waals surface area contributed by atoms with Gasteiger partial charge in [-0.1, -0.05) is 121 Å². The Morgan fingerprint density at radius 2 is 1.16 bits per heavy atom. The van der Waals surface area contributed by atoms with Gasteiger partial charge in [0.05, 0.1) is 16.4 Å². The van der Waals surface area contributed by atoms with Gasteiger partial charge in [0, 0.05) is 44.0 Å². The van der Waals surface area contributed by atoms with Gasteiger partial charge in [0.2, 0.25) is 0 Å². The van der Waals surface area contributed by atoms with E-state index in [1.807, 2.05) is 11.3 Å². The van der Waals surface area contributed by atoms with Gasteiger partial charge in [-0.05, 0) is 103 Å². The maximum Gasteiger partial charge on any atom is 0.0646 e. The number of rotatable bonds is 7. The first kappa shape index (κ1) is 31.1. The molecule has 0 bridgehead atoms. The van der Waals surface area contributed by atoms with Crippen LogP contribution >= 0.6 is 11.3 Å². The van der Waals surface area contributed by atoms with E-state index in [1.54, 1.807) is 0 Å². The third-order valence-electron chi connectivity index (χ3n) is 10.3. The van der Waals surface area contributed by atoms with E-state index in [-0.39, 0.29) is 6.04 Å². The van der Waals surface area contributed by atoms with Crippen molar-refractivity contribution >= 4 is 66.7 Å². The molecule has 1 atom stereocenters. The molecule has 8 aromatic rings. The fourth-order valence-corrected chi connectivity index (χ4v) is 9.20. The maximum atomic E-state index is 2.62. The number of benzene rings is 7. The van der Waals surface area contributed by atoms with Crippen LogP contribution in [0.1, 0.15) is 34.0 Å². The van der Waals surface area contributed by atoms with Crippen molar-refractivity contribution in [2.75, 3.05) is 9.80 Å². The molecule has 0 N–H and O–H groups in total. The van der Waals surface area contributed by atoms with E-state index in [1.165, 1.54) is 70.6 Å². The number of hydrogen-bond acceptors (Lipinski definition) is 3. The number of fused-ring (bicyclic) bond motifs is 4. The lowest BCUT2D eigenvalue weighted by atomic mass is 9.91. The second kappa shape index (κ2) is 13.1. The molecule has 0 spiro atoms. The quantitative estimate of drug-likeness (QED) is 0.166. The molecule has 1 aliphatic rings. The summed E-state index contributed by atoms with van der Waals surface area (Å²) in [6.07, 6.45) is 5.64. The summed E-state index contributed by atoms with van der Waals surface area (Å²) in [6.45, 7) is 4.46. The Kier molecular flexibility index (Phi) is 7.99. The van der Waals surface area contributed by atoms with E-state index >= 15 is 0 Å². The molecule has 1 aromatic heterocycles. The highest BCUT2D eigenvalue weighted by Gasteiger charge is 2.31. The first-order chi connectivity index (χ1) is 25.2. The number of hydrogen-bond donors (Lipinski definition) is 0. The standard InChI is InChI=1S/C48H38N2S/c1-33-16-9-11-23-39(33)40-31-30-38(32-34(40)2)50(43-26-13-18-35-17-10-12-24-41(35)43)44-27-15-29-46-47(44)42-25-14-28-45(48(42)51-46)49(36-19-5-3-6-20-36)37-21-7-4-8-22-37/h3-26,28-32,44H,27H2,1-2H3. The van der Waals surface area contributed by atoms with Gasteiger partial charge in [-0.2, -0.15) is 0 Å². The predicted octanol–water partition coefficient (Wildman–Crippen LogP) is 14.1. The zero-order chi connectivity index (χ0) is 34.3. The largest absolute Gasteiger partial charge is 0.333 e. The minimum Gasteiger partial charge on any atom is -0.333 e. The first-order valence-corrected chi connectivity index (χ1v) is 18.5. The smallest absolute Gasteiger partial charge is 0.0646 e. The first-order valence-electron chi connectivity index (χ1n) is 17.7. The van der Waals surface area contributed by atoms with Crippen molar-refractivity contribution in [1.29, 1.82) is 0 Å². The van der Waals surface area contributed by atoms with Crippen LogP contribution in [-0.2, 0) is 0 Å². The van der Waals surface area contributed by atoms with Gasteiger partial charge in [0.15, 0.2) is 0 Å². The van der Waals surface area contributed by atoms with Gasteiger partial charge in [-0.15, -0.1) is 11.3 Å². The van der Waals surface area contributed by atoms with E-state index in [2.05, 4.69) is 200 Å². The van der Waals surface area contributed by atoms with Crippen molar-refractivity contribution in [3.63, 3.8) is 0 Å². The minimum absolute atomic E-state index is 0.102. The Morgan fingerprint density at radius 1 is 0.529 bits per heavy atom. The molecule has 51 heavy (non-hydrogen) atoms. The van der Waals surface area contributed by atoms with E-state index in [4.69, 9.17) is 0 Å². The highest BCUT2D eigenvalue weighted by molar-refractivity contribution is 7.20. The lowest BCUT2D eigenvalue weighted by Gasteiger charge is -2.36. The van der Waals surface area contributed by atoms with Crippen LogP contribution < -0.4 is 9.80 Å². The van der Waals surface area contributed by atoms with Crippen LogP contribution in [-0.4, -0.2) is 0 Å². The van der Waals surface area contributed by atoms with E-state index in [0.29, 0.717) is 0 Å². The predicted molar refractivity (Wildman–Crippen MR) is 220 cm³/mol. The molecule has 246 valence electrons. The zero-order valence-corrected chi connectivity index (χ0v) is 29.6. The Bertz CT molecular complexity index is 2500. The van der Waals surface area contributed by atoms with Crippen LogP contribution in [0.15, 0.2) is 170 Å². The second-order valence-corrected chi connectivity index (χ2v) is 14.4. The molecule has 2 nitrogen and oxygen atoms in total. The summed E-state index contributed by atoms with van der Waals surface area (Å²) in [4.78, 5) is 6.34. The Balaban J connectivity index is 1.25. The van der Waals surface area contributed by atoms with Crippen molar-refractivity contribution in [1.82, 2.24) is 0 Å². The Hall–Kier alpha value is -5.90. The lowest BCUT2D eigenvalue weighted by molar-refractivity contribution is 0.712. The molecule has 9 rings (SSSR count). The van der Waals surface area contributed by atoms with Crippen LogP contribution in [0.5, 0.6) is 0 Å². The average Bonchev–Trinajstić information content (AvgIpc) is 3.57. The van der Waals surface area contributed by atoms with Crippen LogP contribution in [0.3, 0.4) is 0 Å². The van der Waals surface area contributed by atoms with Gasteiger partial charge in [-0.25, -0.2) is 0 Å². The zero-order valence-electron chi connectivity index (χ0n) is 28.8. The molecular weight excluding hydrogens is 637 g/mol. The van der Waals surface area contributed by atoms with E-state index in [0.717, 1.165) is 17.8 Å². The van der Waals surface area contributed by atoms with Gasteiger partial charge in [0.1, 0.15) is 0 Å². The second-order valence-electron chi connectivity index (χ2n) is 13.4. The van der Waals surface area contributed by atoms with Crippen molar-refractivity contribution in [3.05, 3.63) is 191 Å². The highest BCUT2D eigenvalue weighted by atomic mass is 32.1. The number of nitrogens with zero attached hydrogens (tertiary/aromatic N) is 2. The van der Waals surface area contributed by atoms with Crippen LogP contribution in [0.4, 0.5) is 28.4 Å². The SMILES string of the molecule is Cc1ccccc1-c1ccc(N(c2cccc3ccccc23)C2CC=Cc3sc4c(N(c5ccccc5)c5ccccc5)cccc4c32)cc1C. The number of anilines is 5. The molecule has 0 amide bonds. The molecule has 7 aromatic carbocycles. The summed E-state index contributed by atoms with van der Waals surface area (Å²) in [5, 5.41) is 3.83. The molecule has 0 saturated carbocycles. The van der Waals surface area contributed by atoms with Crippen LogP contribution in [0.2, 0.25) is 0 Å². The summed E-state index contributed by atoms with van der Waals surface area (Å²) in [7, 11) is 0. The van der Waals surface area contributed by atoms with Gasteiger partial charge < -0.3 is 9.80 Å². The number of aryl methyl sites for hydroxylation is 2. The average molecular weight is 675 g/mol. The molecular formula is C48H38N2S. The monoisotopic (exact) mass is 674 g/mol. The van der Waals surface area contributed by atoms with E-state index < -0.39 is 0 Å². The van der Waals surface area contributed by atoms with Crippen LogP contribution in [0.25, 0.3) is 38.1 Å². The van der Waals surface area contributed by atoms with Crippen molar-refractivity contribution in [2.45, 2.75) is 26.3 Å². The Morgan fingerprint density at radius 3 is 1.92 bits per heavy atom. The molecule has 0 aliphatic heterocycles. The topological polar surface area (TPSA) is 6.48 Å². The summed E-state index contributed by atoms with van der Waals surface area (Å²) in [5.41, 5.74) is 12.5. The molecule has 0 radical (unpaired) electrons. The summed E-state index contributed by atoms with van der Waals surface area (Å²) >= 11 is 1.91. The van der Waals surface area contributed by atoms with Gasteiger partial charge in [0.25, 0.3) is 0 Å². The third kappa shape index (κ3) is 5.51. The Labute approximate surface area is 304 Å². The lowest BCUT2D eigenvalue weighted by Crippen LogP contribution is -2.25. The van der Waals surface area contributed by atoms with Crippen molar-refractivity contribution in [3.8, 4) is 11.1 Å². The van der Waals surface area contributed by atoms with Gasteiger partial charge in [-0.3, -0.25) is 0 Å². The van der Waals surface area contributed by atoms with Gasteiger partial charge >= 0.3 is 0 Å². The van der Waals surface area contributed by atoms with Crippen LogP contribution in [0, 0.1) is 13.8 Å². The molecule has 0 fully saturated rings. The number of para-hydroxylation sites is 2. The summed E-state index contributed by atoms with van der Waals surface area (Å²) < 4.78 is 1.30. The highest BCUT2D eigenvalue weighted by Crippen LogP contribution is 2.51. The third-order valence-corrected chi connectivity index (χ3v) is 11.5. The molecule has 0 saturated heterocycles. The number of thiophene rings is 1. The molecule has 3 heteroatoms. The van der Waals surface area contributed by atoms with Crippen molar-refractivity contribution < 1.29 is 0 Å².